The Balaban J connectivity index is 0. The van der Waals surface area contributed by atoms with Crippen molar-refractivity contribution >= 4 is 51.6 Å². The van der Waals surface area contributed by atoms with Gasteiger partial charge in [0, 0.05) is 0 Å². The number of ether oxygens (including phenoxy) is 2. The van der Waals surface area contributed by atoms with E-state index in [1.54, 1.807) is 0 Å². The zero-order chi connectivity index (χ0) is 21.9. The molecule has 0 heterocycles. The van der Waals surface area contributed by atoms with E-state index in [0.29, 0.717) is 12.8 Å². The summed E-state index contributed by atoms with van der Waals surface area (Å²) in [6.07, 6.45) is 3.02. The van der Waals surface area contributed by atoms with Crippen LogP contribution in [0.25, 0.3) is 0 Å². The van der Waals surface area contributed by atoms with Crippen molar-refractivity contribution in [1.82, 2.24) is 0 Å². The Hall–Kier alpha value is -0.150. The molecule has 0 aromatic carbocycles. The normalized spacial score (nSPS) is 16.7. The minimum atomic E-state index is -4.80. The van der Waals surface area contributed by atoms with Crippen LogP contribution in [0, 0.1) is 11.8 Å². The van der Waals surface area contributed by atoms with Crippen LogP contribution >= 0.6 is 0 Å². The maximum atomic E-state index is 12.4. The summed E-state index contributed by atoms with van der Waals surface area (Å²) in [4.78, 5) is 24.7. The number of carbonyl (C=O) groups is 2. The van der Waals surface area contributed by atoms with Crippen LogP contribution in [0.3, 0.4) is 0 Å². The minimum absolute atomic E-state index is 0. The Morgan fingerprint density at radius 2 is 1.28 bits per heavy atom. The molecule has 0 rings (SSSR count). The zero-order valence-corrected chi connectivity index (χ0v) is 19.0. The average Bonchev–Trinajstić information content (AvgIpc) is 2.61. The number of rotatable bonds is 14. The molecule has 168 valence electrons. The summed E-state index contributed by atoms with van der Waals surface area (Å²) in [6, 6.07) is 0. The number of carbonyl (C=O) groups excluding carboxylic acids is 2. The molecule has 1 N–H and O–H groups in total. The molecule has 0 amide bonds. The Kier molecular flexibility index (Phi) is 16.7. The van der Waals surface area contributed by atoms with Gasteiger partial charge in [-0.15, -0.1) is 0 Å². The van der Waals surface area contributed by atoms with Crippen LogP contribution in [0.15, 0.2) is 0 Å². The summed E-state index contributed by atoms with van der Waals surface area (Å²) in [6.45, 7) is 11.6. The Morgan fingerprint density at radius 3 is 1.62 bits per heavy atom. The van der Waals surface area contributed by atoms with Crippen molar-refractivity contribution in [3.63, 3.8) is 0 Å². The standard InChI is InChI=1S/C20H38O7S.Na.H/c1-7-11-14(5)16(9-3)26-19(21)13-18(28(23,24)25)20(22)27-17(10-4)15(6)12-8-2;;/h14-18H,7-13H2,1-6H3,(H,23,24,25);;. The molecule has 9 heteroatoms. The molecule has 0 spiro atoms. The fourth-order valence-corrected chi connectivity index (χ4v) is 4.04. The van der Waals surface area contributed by atoms with Crippen LogP contribution in [0.1, 0.15) is 86.5 Å². The third-order valence-electron chi connectivity index (χ3n) is 5.09. The molecule has 0 radical (unpaired) electrons. The molecular formula is C20H39NaO7S. The molecule has 0 aliphatic heterocycles. The summed E-state index contributed by atoms with van der Waals surface area (Å²) in [5.74, 6) is -1.77. The van der Waals surface area contributed by atoms with Crippen molar-refractivity contribution in [1.29, 1.82) is 0 Å². The van der Waals surface area contributed by atoms with Crippen molar-refractivity contribution in [2.45, 2.75) is 104 Å². The fraction of sp³-hybridized carbons (Fsp3) is 0.900. The molecule has 5 unspecified atom stereocenters. The van der Waals surface area contributed by atoms with Crippen molar-refractivity contribution in [3.8, 4) is 0 Å². The van der Waals surface area contributed by atoms with Gasteiger partial charge in [0.1, 0.15) is 12.2 Å². The molecular weight excluding hydrogens is 407 g/mol. The van der Waals surface area contributed by atoms with E-state index in [0.717, 1.165) is 25.7 Å². The van der Waals surface area contributed by atoms with E-state index in [2.05, 4.69) is 0 Å². The Morgan fingerprint density at radius 1 is 0.862 bits per heavy atom. The van der Waals surface area contributed by atoms with Gasteiger partial charge in [0.05, 0.1) is 6.42 Å². The molecule has 0 aromatic heterocycles. The average molecular weight is 447 g/mol. The van der Waals surface area contributed by atoms with Gasteiger partial charge in [-0.1, -0.05) is 54.4 Å². The van der Waals surface area contributed by atoms with Crippen LogP contribution < -0.4 is 0 Å². The summed E-state index contributed by atoms with van der Waals surface area (Å²) >= 11 is 0. The topological polar surface area (TPSA) is 107 Å². The van der Waals surface area contributed by atoms with Gasteiger partial charge in [-0.3, -0.25) is 14.1 Å². The summed E-state index contributed by atoms with van der Waals surface area (Å²) in [5, 5.41) is -1.97. The van der Waals surface area contributed by atoms with E-state index >= 15 is 0 Å². The molecule has 0 aliphatic rings. The van der Waals surface area contributed by atoms with E-state index in [1.165, 1.54) is 0 Å². The van der Waals surface area contributed by atoms with Gasteiger partial charge in [-0.05, 0) is 37.5 Å². The van der Waals surface area contributed by atoms with E-state index in [9.17, 15) is 22.6 Å². The van der Waals surface area contributed by atoms with Crippen LogP contribution in [-0.2, 0) is 29.2 Å². The van der Waals surface area contributed by atoms with Crippen molar-refractivity contribution in [3.05, 3.63) is 0 Å². The van der Waals surface area contributed by atoms with Gasteiger partial charge in [0.15, 0.2) is 5.25 Å². The van der Waals surface area contributed by atoms with Gasteiger partial charge in [0.25, 0.3) is 10.1 Å². The summed E-state index contributed by atoms with van der Waals surface area (Å²) in [5.41, 5.74) is 0. The zero-order valence-electron chi connectivity index (χ0n) is 18.1. The van der Waals surface area contributed by atoms with Crippen LogP contribution in [-0.4, -0.2) is 71.9 Å². The van der Waals surface area contributed by atoms with Crippen LogP contribution in [0.2, 0.25) is 0 Å². The number of hydrogen-bond acceptors (Lipinski definition) is 6. The van der Waals surface area contributed by atoms with Crippen molar-refractivity contribution in [2.75, 3.05) is 0 Å². The summed E-state index contributed by atoms with van der Waals surface area (Å²) in [7, 11) is -4.80. The third-order valence-corrected chi connectivity index (χ3v) is 6.17. The molecule has 29 heavy (non-hydrogen) atoms. The second-order valence-corrected chi connectivity index (χ2v) is 9.16. The Bertz CT molecular complexity index is 579. The molecule has 0 saturated carbocycles. The van der Waals surface area contributed by atoms with Gasteiger partial charge in [0.2, 0.25) is 0 Å². The third kappa shape index (κ3) is 11.7. The quantitative estimate of drug-likeness (QED) is 0.247. The van der Waals surface area contributed by atoms with Gasteiger partial charge >= 0.3 is 41.5 Å². The van der Waals surface area contributed by atoms with Gasteiger partial charge in [-0.25, -0.2) is 0 Å². The fourth-order valence-electron chi connectivity index (χ4n) is 3.39. The van der Waals surface area contributed by atoms with Crippen LogP contribution in [0.4, 0.5) is 0 Å². The van der Waals surface area contributed by atoms with Gasteiger partial charge < -0.3 is 9.47 Å². The SMILES string of the molecule is CCCC(C)C(CC)OC(=O)CC(C(=O)OC(CC)C(C)CCC)S(=O)(=O)O.[NaH]. The van der Waals surface area contributed by atoms with E-state index in [1.807, 2.05) is 41.5 Å². The summed E-state index contributed by atoms with van der Waals surface area (Å²) < 4.78 is 43.6. The number of esters is 2. The Labute approximate surface area is 198 Å². The predicted molar refractivity (Wildman–Crippen MR) is 116 cm³/mol. The van der Waals surface area contributed by atoms with E-state index in [-0.39, 0.29) is 47.5 Å². The first-order valence-electron chi connectivity index (χ1n) is 10.4. The van der Waals surface area contributed by atoms with Crippen LogP contribution in [0.5, 0.6) is 0 Å². The van der Waals surface area contributed by atoms with Gasteiger partial charge in [-0.2, -0.15) is 8.42 Å². The molecule has 0 aliphatic carbocycles. The first kappa shape index (κ1) is 31.0. The van der Waals surface area contributed by atoms with E-state index < -0.39 is 39.8 Å². The monoisotopic (exact) mass is 446 g/mol. The molecule has 0 bridgehead atoms. The number of hydrogen-bond donors (Lipinski definition) is 1. The first-order chi connectivity index (χ1) is 13.0. The molecule has 7 nitrogen and oxygen atoms in total. The van der Waals surface area contributed by atoms with Crippen molar-refractivity contribution in [2.24, 2.45) is 11.8 Å². The molecule has 0 fully saturated rings. The molecule has 5 atom stereocenters. The first-order valence-corrected chi connectivity index (χ1v) is 11.9. The maximum absolute atomic E-state index is 12.4. The second-order valence-electron chi connectivity index (χ2n) is 7.56. The molecule has 0 aromatic rings. The van der Waals surface area contributed by atoms with E-state index in [4.69, 9.17) is 9.47 Å². The predicted octanol–water partition coefficient (Wildman–Crippen LogP) is 3.50. The molecule has 0 saturated heterocycles. The second kappa shape index (κ2) is 15.6. The van der Waals surface area contributed by atoms with Crippen molar-refractivity contribution < 1.29 is 32.0 Å².